The number of hydrogen-bond acceptors (Lipinski definition) is 3. The zero-order valence-electron chi connectivity index (χ0n) is 12.3. The summed E-state index contributed by atoms with van der Waals surface area (Å²) in [5.74, 6) is 0. The molecule has 18 heavy (non-hydrogen) atoms. The van der Waals surface area contributed by atoms with Crippen molar-refractivity contribution in [2.75, 3.05) is 32.7 Å². The van der Waals surface area contributed by atoms with Crippen LogP contribution in [0.25, 0.3) is 0 Å². The predicted molar refractivity (Wildman–Crippen MR) is 77.8 cm³/mol. The molecule has 0 aromatic rings. The lowest BCUT2D eigenvalue weighted by molar-refractivity contribution is 0.00741. The van der Waals surface area contributed by atoms with Gasteiger partial charge in [-0.25, -0.2) is 0 Å². The monoisotopic (exact) mass is 253 g/mol. The van der Waals surface area contributed by atoms with Crippen LogP contribution in [-0.4, -0.2) is 54.1 Å². The van der Waals surface area contributed by atoms with E-state index in [1.807, 2.05) is 0 Å². The molecule has 3 heteroatoms. The molecular weight excluding hydrogens is 222 g/mol. The van der Waals surface area contributed by atoms with Crippen molar-refractivity contribution < 1.29 is 0 Å². The summed E-state index contributed by atoms with van der Waals surface area (Å²) in [6.07, 6.45) is 7.84. The topological polar surface area (TPSA) is 32.5 Å². The zero-order valence-corrected chi connectivity index (χ0v) is 12.3. The molecule has 0 bridgehead atoms. The van der Waals surface area contributed by atoms with Gasteiger partial charge in [-0.2, -0.15) is 0 Å². The first kappa shape index (κ1) is 14.3. The third kappa shape index (κ3) is 2.73. The lowest BCUT2D eigenvalue weighted by Gasteiger charge is -2.49. The van der Waals surface area contributed by atoms with Gasteiger partial charge in [0.05, 0.1) is 0 Å². The molecule has 2 aliphatic rings. The van der Waals surface area contributed by atoms with Crippen molar-refractivity contribution in [3.63, 3.8) is 0 Å². The average Bonchev–Trinajstić information content (AvgIpc) is 2.85. The van der Waals surface area contributed by atoms with E-state index in [-0.39, 0.29) is 5.54 Å². The molecule has 1 unspecified atom stereocenters. The minimum absolute atomic E-state index is 0.290. The van der Waals surface area contributed by atoms with E-state index in [4.69, 9.17) is 5.73 Å². The predicted octanol–water partition coefficient (Wildman–Crippen LogP) is 2.06. The molecule has 2 rings (SSSR count). The van der Waals surface area contributed by atoms with Crippen molar-refractivity contribution in [1.82, 2.24) is 9.80 Å². The van der Waals surface area contributed by atoms with Crippen LogP contribution in [0, 0.1) is 0 Å². The first-order chi connectivity index (χ1) is 8.75. The second kappa shape index (κ2) is 6.36. The van der Waals surface area contributed by atoms with E-state index in [1.54, 1.807) is 0 Å². The van der Waals surface area contributed by atoms with Crippen LogP contribution >= 0.6 is 0 Å². The van der Waals surface area contributed by atoms with E-state index in [0.29, 0.717) is 0 Å². The molecule has 1 atom stereocenters. The van der Waals surface area contributed by atoms with Gasteiger partial charge in [-0.3, -0.25) is 9.80 Å². The Morgan fingerprint density at radius 1 is 1.11 bits per heavy atom. The number of piperazine rings is 1. The number of fused-ring (bicyclic) bond motifs is 1. The van der Waals surface area contributed by atoms with Crippen molar-refractivity contribution in [2.45, 2.75) is 64.0 Å². The molecule has 2 N–H and O–H groups in total. The lowest BCUT2D eigenvalue weighted by Crippen LogP contribution is -2.61. The van der Waals surface area contributed by atoms with Crippen molar-refractivity contribution in [3.05, 3.63) is 0 Å². The van der Waals surface area contributed by atoms with Crippen LogP contribution in [0.4, 0.5) is 0 Å². The van der Waals surface area contributed by atoms with Crippen molar-refractivity contribution >= 4 is 0 Å². The molecule has 0 spiro atoms. The Bertz CT molecular complexity index is 248. The van der Waals surface area contributed by atoms with Gasteiger partial charge in [0, 0.05) is 37.8 Å². The quantitative estimate of drug-likeness (QED) is 0.786. The van der Waals surface area contributed by atoms with Gasteiger partial charge in [0.25, 0.3) is 0 Å². The Hall–Kier alpha value is -0.120. The molecule has 2 saturated heterocycles. The van der Waals surface area contributed by atoms with Crippen LogP contribution in [0.1, 0.15) is 52.4 Å². The lowest BCUT2D eigenvalue weighted by atomic mass is 9.85. The van der Waals surface area contributed by atoms with Crippen LogP contribution in [0.3, 0.4) is 0 Å². The summed E-state index contributed by atoms with van der Waals surface area (Å²) < 4.78 is 0. The highest BCUT2D eigenvalue weighted by Gasteiger charge is 2.39. The molecule has 2 fully saturated rings. The molecule has 0 saturated carbocycles. The summed E-state index contributed by atoms with van der Waals surface area (Å²) in [4.78, 5) is 5.43. The maximum atomic E-state index is 6.19. The van der Waals surface area contributed by atoms with Crippen LogP contribution < -0.4 is 5.73 Å². The van der Waals surface area contributed by atoms with E-state index in [9.17, 15) is 0 Å². The van der Waals surface area contributed by atoms with E-state index in [2.05, 4.69) is 23.6 Å². The molecule has 0 aromatic heterocycles. The molecule has 2 aliphatic heterocycles. The molecule has 0 aliphatic carbocycles. The number of nitrogens with two attached hydrogens (primary N) is 1. The van der Waals surface area contributed by atoms with E-state index < -0.39 is 0 Å². The van der Waals surface area contributed by atoms with Crippen LogP contribution in [0.5, 0.6) is 0 Å². The third-order valence-corrected chi connectivity index (χ3v) is 5.07. The Balaban J connectivity index is 2.05. The second-order valence-corrected chi connectivity index (χ2v) is 6.21. The highest BCUT2D eigenvalue weighted by Crippen LogP contribution is 2.31. The average molecular weight is 253 g/mol. The van der Waals surface area contributed by atoms with Crippen LogP contribution in [-0.2, 0) is 0 Å². The summed E-state index contributed by atoms with van der Waals surface area (Å²) in [5.41, 5.74) is 6.48. The van der Waals surface area contributed by atoms with Crippen molar-refractivity contribution in [3.8, 4) is 0 Å². The fraction of sp³-hybridized carbons (Fsp3) is 1.00. The summed E-state index contributed by atoms with van der Waals surface area (Å²) in [7, 11) is 0. The maximum Gasteiger partial charge on any atom is 0.0332 e. The Kier molecular flexibility index (Phi) is 5.05. The van der Waals surface area contributed by atoms with Gasteiger partial charge in [-0.1, -0.05) is 26.7 Å². The van der Waals surface area contributed by atoms with Gasteiger partial charge in [-0.05, 0) is 32.2 Å². The number of hydrogen-bond donors (Lipinski definition) is 1. The van der Waals surface area contributed by atoms with Gasteiger partial charge < -0.3 is 5.73 Å². The standard InChI is InChI=1S/C15H31N3/c1-3-7-15(13-16,8-4-2)18-11-10-17-9-5-6-14(17)12-18/h14H,3-13,16H2,1-2H3. The molecule has 3 nitrogen and oxygen atoms in total. The Morgan fingerprint density at radius 3 is 2.44 bits per heavy atom. The highest BCUT2D eigenvalue weighted by molar-refractivity contribution is 4.97. The van der Waals surface area contributed by atoms with Gasteiger partial charge in [0.1, 0.15) is 0 Å². The second-order valence-electron chi connectivity index (χ2n) is 6.21. The first-order valence-electron chi connectivity index (χ1n) is 7.95. The molecular formula is C15H31N3. The fourth-order valence-corrected chi connectivity index (χ4v) is 4.13. The number of nitrogens with zero attached hydrogens (tertiary/aromatic N) is 2. The third-order valence-electron chi connectivity index (χ3n) is 5.07. The van der Waals surface area contributed by atoms with Gasteiger partial charge in [-0.15, -0.1) is 0 Å². The van der Waals surface area contributed by atoms with Gasteiger partial charge in [0.15, 0.2) is 0 Å². The zero-order chi connectivity index (χ0) is 13.0. The number of rotatable bonds is 6. The van der Waals surface area contributed by atoms with Gasteiger partial charge >= 0.3 is 0 Å². The Labute approximate surface area is 113 Å². The van der Waals surface area contributed by atoms with Crippen molar-refractivity contribution in [1.29, 1.82) is 0 Å². The van der Waals surface area contributed by atoms with E-state index >= 15 is 0 Å². The summed E-state index contributed by atoms with van der Waals surface area (Å²) in [6, 6.07) is 0.818. The normalized spacial score (nSPS) is 26.5. The minimum atomic E-state index is 0.290. The SMILES string of the molecule is CCCC(CN)(CCC)N1CCN2CCCC2C1. The molecule has 0 aromatic carbocycles. The maximum absolute atomic E-state index is 6.19. The molecule has 2 heterocycles. The van der Waals surface area contributed by atoms with Crippen LogP contribution in [0.2, 0.25) is 0 Å². The Morgan fingerprint density at radius 2 is 1.83 bits per heavy atom. The smallest absolute Gasteiger partial charge is 0.0332 e. The fourth-order valence-electron chi connectivity index (χ4n) is 4.13. The minimum Gasteiger partial charge on any atom is -0.329 e. The van der Waals surface area contributed by atoms with Gasteiger partial charge in [0.2, 0.25) is 0 Å². The van der Waals surface area contributed by atoms with E-state index in [0.717, 1.165) is 12.6 Å². The molecule has 106 valence electrons. The van der Waals surface area contributed by atoms with E-state index in [1.165, 1.54) is 64.7 Å². The first-order valence-corrected chi connectivity index (χ1v) is 7.95. The molecule has 0 radical (unpaired) electrons. The van der Waals surface area contributed by atoms with Crippen molar-refractivity contribution in [2.24, 2.45) is 5.73 Å². The summed E-state index contributed by atoms with van der Waals surface area (Å²) in [5, 5.41) is 0. The largest absolute Gasteiger partial charge is 0.329 e. The molecule has 0 amide bonds. The van der Waals surface area contributed by atoms with Crippen LogP contribution in [0.15, 0.2) is 0 Å². The summed E-state index contributed by atoms with van der Waals surface area (Å²) in [6.45, 7) is 10.5. The highest BCUT2D eigenvalue weighted by atomic mass is 15.3. The summed E-state index contributed by atoms with van der Waals surface area (Å²) >= 11 is 0.